The van der Waals surface area contributed by atoms with Gasteiger partial charge in [-0.2, -0.15) is 4.98 Å². The van der Waals surface area contributed by atoms with Crippen LogP contribution in [0.5, 0.6) is 0 Å². The number of aryl methyl sites for hydroxylation is 1. The quantitative estimate of drug-likeness (QED) is 0.827. The van der Waals surface area contributed by atoms with E-state index in [0.29, 0.717) is 18.1 Å². The number of nitrogens with zero attached hydrogens (tertiary/aromatic N) is 2. The standard InChI is InChI=1S/C15H16N2O2/c1-10-6-8-11(9-7-10)14-16-15(19-17-14)12-4-2-3-5-13(12)18/h6-9,12H,2-5H2,1H3. The van der Waals surface area contributed by atoms with Gasteiger partial charge in [0.25, 0.3) is 0 Å². The minimum atomic E-state index is -0.194. The fraction of sp³-hybridized carbons (Fsp3) is 0.400. The van der Waals surface area contributed by atoms with Crippen LogP contribution in [0.25, 0.3) is 11.4 Å². The smallest absolute Gasteiger partial charge is 0.237 e. The number of hydrogen-bond donors (Lipinski definition) is 0. The highest BCUT2D eigenvalue weighted by Crippen LogP contribution is 2.30. The van der Waals surface area contributed by atoms with Gasteiger partial charge in [-0.25, -0.2) is 0 Å². The summed E-state index contributed by atoms with van der Waals surface area (Å²) in [6.45, 7) is 2.03. The first-order valence-electron chi connectivity index (χ1n) is 6.67. The molecule has 1 unspecified atom stereocenters. The normalized spacial score (nSPS) is 19.6. The van der Waals surface area contributed by atoms with Gasteiger partial charge in [0.2, 0.25) is 11.7 Å². The van der Waals surface area contributed by atoms with Crippen molar-refractivity contribution in [3.8, 4) is 11.4 Å². The van der Waals surface area contributed by atoms with E-state index in [2.05, 4.69) is 10.1 Å². The van der Waals surface area contributed by atoms with Crippen molar-refractivity contribution < 1.29 is 9.32 Å². The van der Waals surface area contributed by atoms with Gasteiger partial charge in [0, 0.05) is 12.0 Å². The summed E-state index contributed by atoms with van der Waals surface area (Å²) in [5.74, 6) is 1.07. The lowest BCUT2D eigenvalue weighted by Gasteiger charge is -2.16. The van der Waals surface area contributed by atoms with Crippen LogP contribution < -0.4 is 0 Å². The minimum absolute atomic E-state index is 0.194. The second kappa shape index (κ2) is 4.96. The molecule has 3 rings (SSSR count). The first-order chi connectivity index (χ1) is 9.24. The second-order valence-electron chi connectivity index (χ2n) is 5.09. The van der Waals surface area contributed by atoms with E-state index in [1.807, 2.05) is 31.2 Å². The largest absolute Gasteiger partial charge is 0.338 e. The maximum absolute atomic E-state index is 11.9. The van der Waals surface area contributed by atoms with Gasteiger partial charge in [-0.15, -0.1) is 0 Å². The van der Waals surface area contributed by atoms with Gasteiger partial charge in [-0.05, 0) is 19.8 Å². The number of Topliss-reactive ketones (excluding diaryl/α,β-unsaturated/α-hetero) is 1. The third-order valence-corrected chi connectivity index (χ3v) is 3.60. The summed E-state index contributed by atoms with van der Waals surface area (Å²) in [5.41, 5.74) is 2.11. The van der Waals surface area contributed by atoms with E-state index < -0.39 is 0 Å². The Balaban J connectivity index is 1.86. The molecule has 1 saturated carbocycles. The summed E-state index contributed by atoms with van der Waals surface area (Å²) >= 11 is 0. The Hall–Kier alpha value is -1.97. The number of rotatable bonds is 2. The molecule has 1 aromatic heterocycles. The minimum Gasteiger partial charge on any atom is -0.338 e. The first-order valence-corrected chi connectivity index (χ1v) is 6.67. The van der Waals surface area contributed by atoms with E-state index in [1.165, 1.54) is 5.56 Å². The fourth-order valence-corrected chi connectivity index (χ4v) is 2.44. The number of benzene rings is 1. The molecule has 1 heterocycles. The highest BCUT2D eigenvalue weighted by Gasteiger charge is 2.28. The highest BCUT2D eigenvalue weighted by atomic mass is 16.5. The lowest BCUT2D eigenvalue weighted by atomic mass is 9.88. The molecule has 1 fully saturated rings. The van der Waals surface area contributed by atoms with Crippen molar-refractivity contribution in [3.63, 3.8) is 0 Å². The third-order valence-electron chi connectivity index (χ3n) is 3.60. The Morgan fingerprint density at radius 3 is 2.74 bits per heavy atom. The number of carbonyl (C=O) groups is 1. The molecule has 0 amide bonds. The average Bonchev–Trinajstić information content (AvgIpc) is 2.89. The SMILES string of the molecule is Cc1ccc(-c2noc(C3CCCCC3=O)n2)cc1. The van der Waals surface area contributed by atoms with Gasteiger partial charge in [-0.3, -0.25) is 4.79 Å². The van der Waals surface area contributed by atoms with Gasteiger partial charge in [0.1, 0.15) is 5.78 Å². The maximum Gasteiger partial charge on any atom is 0.237 e. The number of hydrogen-bond acceptors (Lipinski definition) is 4. The summed E-state index contributed by atoms with van der Waals surface area (Å²) in [6.07, 6.45) is 3.49. The van der Waals surface area contributed by atoms with E-state index in [1.54, 1.807) is 0 Å². The molecule has 0 bridgehead atoms. The molecule has 2 aromatic rings. The summed E-state index contributed by atoms with van der Waals surface area (Å²) in [5, 5.41) is 3.99. The van der Waals surface area contributed by atoms with Crippen LogP contribution in [0.4, 0.5) is 0 Å². The van der Waals surface area contributed by atoms with Gasteiger partial charge in [0.05, 0.1) is 5.92 Å². The molecule has 19 heavy (non-hydrogen) atoms. The summed E-state index contributed by atoms with van der Waals surface area (Å²) in [4.78, 5) is 16.2. The van der Waals surface area contributed by atoms with Crippen LogP contribution >= 0.6 is 0 Å². The van der Waals surface area contributed by atoms with Crippen LogP contribution in [0.1, 0.15) is 43.1 Å². The van der Waals surface area contributed by atoms with Crippen LogP contribution in [-0.4, -0.2) is 15.9 Å². The van der Waals surface area contributed by atoms with Crippen LogP contribution in [0.3, 0.4) is 0 Å². The van der Waals surface area contributed by atoms with Crippen molar-refractivity contribution in [1.29, 1.82) is 0 Å². The van der Waals surface area contributed by atoms with E-state index >= 15 is 0 Å². The third kappa shape index (κ3) is 2.43. The fourth-order valence-electron chi connectivity index (χ4n) is 2.44. The Bertz CT molecular complexity index is 586. The molecule has 0 spiro atoms. The molecule has 0 radical (unpaired) electrons. The lowest BCUT2D eigenvalue weighted by molar-refractivity contribution is -0.122. The van der Waals surface area contributed by atoms with E-state index in [9.17, 15) is 4.79 Å². The molecule has 0 N–H and O–H groups in total. The average molecular weight is 256 g/mol. The Morgan fingerprint density at radius 1 is 1.21 bits per heavy atom. The predicted octanol–water partition coefficient (Wildman–Crippen LogP) is 3.27. The van der Waals surface area contributed by atoms with Crippen molar-refractivity contribution >= 4 is 5.78 Å². The van der Waals surface area contributed by atoms with E-state index in [4.69, 9.17) is 4.52 Å². The summed E-state index contributed by atoms with van der Waals surface area (Å²) in [6, 6.07) is 7.95. The topological polar surface area (TPSA) is 56.0 Å². The zero-order valence-electron chi connectivity index (χ0n) is 10.9. The van der Waals surface area contributed by atoms with Crippen molar-refractivity contribution in [1.82, 2.24) is 10.1 Å². The van der Waals surface area contributed by atoms with E-state index in [-0.39, 0.29) is 11.7 Å². The molecule has 1 aliphatic carbocycles. The molecular formula is C15H16N2O2. The lowest BCUT2D eigenvalue weighted by Crippen LogP contribution is -2.17. The molecule has 4 nitrogen and oxygen atoms in total. The zero-order valence-corrected chi connectivity index (χ0v) is 10.9. The van der Waals surface area contributed by atoms with E-state index in [0.717, 1.165) is 24.8 Å². The van der Waals surface area contributed by atoms with Gasteiger partial charge in [-0.1, -0.05) is 41.4 Å². The van der Waals surface area contributed by atoms with Crippen molar-refractivity contribution in [2.24, 2.45) is 0 Å². The molecule has 4 heteroatoms. The monoisotopic (exact) mass is 256 g/mol. The van der Waals surface area contributed by atoms with Crippen molar-refractivity contribution in [2.45, 2.75) is 38.5 Å². The van der Waals surface area contributed by atoms with Gasteiger partial charge >= 0.3 is 0 Å². The first kappa shape index (κ1) is 12.1. The molecule has 98 valence electrons. The molecule has 0 aliphatic heterocycles. The number of aromatic nitrogens is 2. The molecular weight excluding hydrogens is 240 g/mol. The van der Waals surface area contributed by atoms with Crippen LogP contribution in [0, 0.1) is 6.92 Å². The Kier molecular flexibility index (Phi) is 3.15. The highest BCUT2D eigenvalue weighted by molar-refractivity contribution is 5.85. The predicted molar refractivity (Wildman–Crippen MR) is 70.7 cm³/mol. The van der Waals surface area contributed by atoms with Gasteiger partial charge in [0.15, 0.2) is 0 Å². The van der Waals surface area contributed by atoms with Crippen molar-refractivity contribution in [3.05, 3.63) is 35.7 Å². The Labute approximate surface area is 111 Å². The summed E-state index contributed by atoms with van der Waals surface area (Å²) in [7, 11) is 0. The number of ketones is 1. The van der Waals surface area contributed by atoms with Crippen molar-refractivity contribution in [2.75, 3.05) is 0 Å². The molecule has 1 aliphatic rings. The summed E-state index contributed by atoms with van der Waals surface area (Å²) < 4.78 is 5.28. The van der Waals surface area contributed by atoms with Crippen LogP contribution in [-0.2, 0) is 4.79 Å². The molecule has 1 atom stereocenters. The number of carbonyl (C=O) groups excluding carboxylic acids is 1. The molecule has 1 aromatic carbocycles. The molecule has 0 saturated heterocycles. The van der Waals surface area contributed by atoms with Crippen LogP contribution in [0.2, 0.25) is 0 Å². The maximum atomic E-state index is 11.9. The van der Waals surface area contributed by atoms with Gasteiger partial charge < -0.3 is 4.52 Å². The second-order valence-corrected chi connectivity index (χ2v) is 5.09. The van der Waals surface area contributed by atoms with Crippen LogP contribution in [0.15, 0.2) is 28.8 Å². The zero-order chi connectivity index (χ0) is 13.2. The Morgan fingerprint density at radius 2 is 2.00 bits per heavy atom.